The van der Waals surface area contributed by atoms with E-state index in [9.17, 15) is 4.79 Å². The van der Waals surface area contributed by atoms with E-state index in [1.165, 1.54) is 16.9 Å². The van der Waals surface area contributed by atoms with Crippen molar-refractivity contribution in [2.24, 2.45) is 0 Å². The van der Waals surface area contributed by atoms with Crippen molar-refractivity contribution in [1.82, 2.24) is 19.6 Å². The molecule has 3 aromatic rings. The third kappa shape index (κ3) is 4.27. The summed E-state index contributed by atoms with van der Waals surface area (Å²) >= 11 is 1.50. The standard InChI is InChI=1S/C20H24N4O2S/c1-15-14-27-20-22-17(11-19(25)24(15)20)12-21-18(16-5-3-2-4-6-16)13-23-7-9-26-10-8-23/h2-6,11,14,18,21H,7-10,12-13H2,1H3/t18-/m0/s1. The second-order valence-electron chi connectivity index (χ2n) is 6.84. The van der Waals surface area contributed by atoms with Crippen molar-refractivity contribution in [1.29, 1.82) is 0 Å². The van der Waals surface area contributed by atoms with Gasteiger partial charge in [-0.15, -0.1) is 11.3 Å². The summed E-state index contributed by atoms with van der Waals surface area (Å²) in [5.74, 6) is 0. The van der Waals surface area contributed by atoms with Crippen LogP contribution in [0.4, 0.5) is 0 Å². The maximum Gasteiger partial charge on any atom is 0.259 e. The Hall–Kier alpha value is -2.06. The van der Waals surface area contributed by atoms with Crippen molar-refractivity contribution in [2.45, 2.75) is 19.5 Å². The van der Waals surface area contributed by atoms with E-state index in [1.54, 1.807) is 10.5 Å². The minimum absolute atomic E-state index is 0.0139. The molecule has 3 heterocycles. The summed E-state index contributed by atoms with van der Waals surface area (Å²) in [4.78, 5) is 20.2. The van der Waals surface area contributed by atoms with Gasteiger partial charge in [-0.1, -0.05) is 30.3 Å². The van der Waals surface area contributed by atoms with Gasteiger partial charge in [0.05, 0.1) is 18.9 Å². The van der Waals surface area contributed by atoms with E-state index in [4.69, 9.17) is 4.74 Å². The number of aromatic nitrogens is 2. The van der Waals surface area contributed by atoms with Crippen LogP contribution in [0.15, 0.2) is 46.6 Å². The van der Waals surface area contributed by atoms with Gasteiger partial charge >= 0.3 is 0 Å². The smallest absolute Gasteiger partial charge is 0.259 e. The van der Waals surface area contributed by atoms with Gasteiger partial charge in [0.15, 0.2) is 4.96 Å². The molecule has 0 radical (unpaired) electrons. The molecule has 1 aromatic carbocycles. The molecule has 6 nitrogen and oxygen atoms in total. The normalized spacial score (nSPS) is 16.6. The summed E-state index contributed by atoms with van der Waals surface area (Å²) in [6.45, 7) is 6.87. The molecule has 0 unspecified atom stereocenters. The Morgan fingerprint density at radius 3 is 2.81 bits per heavy atom. The first-order valence-corrected chi connectivity index (χ1v) is 10.1. The zero-order valence-corrected chi connectivity index (χ0v) is 16.2. The third-order valence-electron chi connectivity index (χ3n) is 4.90. The lowest BCUT2D eigenvalue weighted by Crippen LogP contribution is -2.41. The van der Waals surface area contributed by atoms with Crippen LogP contribution in [0.25, 0.3) is 4.96 Å². The number of nitrogens with zero attached hydrogens (tertiary/aromatic N) is 3. The van der Waals surface area contributed by atoms with Crippen molar-refractivity contribution in [3.05, 3.63) is 69.1 Å². The van der Waals surface area contributed by atoms with Gasteiger partial charge in [-0.3, -0.25) is 14.1 Å². The van der Waals surface area contributed by atoms with Crippen LogP contribution in [0.5, 0.6) is 0 Å². The summed E-state index contributed by atoms with van der Waals surface area (Å²) in [6, 6.07) is 12.3. The topological polar surface area (TPSA) is 58.9 Å². The highest BCUT2D eigenvalue weighted by Gasteiger charge is 2.18. The number of ether oxygens (including phenoxy) is 1. The highest BCUT2D eigenvalue weighted by atomic mass is 32.1. The van der Waals surface area contributed by atoms with Crippen LogP contribution in [0.1, 0.15) is 23.0 Å². The molecule has 1 aliphatic rings. The molecule has 27 heavy (non-hydrogen) atoms. The third-order valence-corrected chi connectivity index (χ3v) is 5.85. The van der Waals surface area contributed by atoms with Gasteiger partial charge in [-0.05, 0) is 12.5 Å². The van der Waals surface area contributed by atoms with E-state index in [0.717, 1.165) is 49.2 Å². The fourth-order valence-corrected chi connectivity index (χ4v) is 4.33. The van der Waals surface area contributed by atoms with Crippen LogP contribution in [0.3, 0.4) is 0 Å². The Balaban J connectivity index is 1.52. The molecular formula is C20H24N4O2S. The van der Waals surface area contributed by atoms with Gasteiger partial charge in [0, 0.05) is 49.4 Å². The molecule has 0 spiro atoms. The monoisotopic (exact) mass is 384 g/mol. The first-order chi connectivity index (χ1) is 13.2. The molecule has 2 aromatic heterocycles. The zero-order chi connectivity index (χ0) is 18.6. The number of thiazole rings is 1. The second kappa shape index (κ2) is 8.31. The van der Waals surface area contributed by atoms with Crippen LogP contribution < -0.4 is 10.9 Å². The second-order valence-corrected chi connectivity index (χ2v) is 7.67. The highest BCUT2D eigenvalue weighted by Crippen LogP contribution is 2.17. The SMILES string of the molecule is Cc1csc2nc(CN[C@@H](CN3CCOCC3)c3ccccc3)cc(=O)n12. The van der Waals surface area contributed by atoms with Crippen LogP contribution in [-0.4, -0.2) is 47.1 Å². The van der Waals surface area contributed by atoms with E-state index in [1.807, 2.05) is 18.4 Å². The number of fused-ring (bicyclic) bond motifs is 1. The fraction of sp³-hybridized carbons (Fsp3) is 0.400. The van der Waals surface area contributed by atoms with Gasteiger partial charge in [0.1, 0.15) is 0 Å². The Kier molecular flexibility index (Phi) is 5.63. The molecule has 7 heteroatoms. The lowest BCUT2D eigenvalue weighted by atomic mass is 10.1. The minimum Gasteiger partial charge on any atom is -0.379 e. The maximum absolute atomic E-state index is 12.4. The molecule has 0 bridgehead atoms. The molecular weight excluding hydrogens is 360 g/mol. The highest BCUT2D eigenvalue weighted by molar-refractivity contribution is 7.15. The molecule has 1 fully saturated rings. The van der Waals surface area contributed by atoms with Crippen LogP contribution in [0.2, 0.25) is 0 Å². The van der Waals surface area contributed by atoms with Gasteiger partial charge in [-0.2, -0.15) is 0 Å². The fourth-order valence-electron chi connectivity index (χ4n) is 3.43. The number of hydrogen-bond donors (Lipinski definition) is 1. The van der Waals surface area contributed by atoms with Crippen molar-refractivity contribution >= 4 is 16.3 Å². The Bertz CT molecular complexity index is 948. The van der Waals surface area contributed by atoms with E-state index in [2.05, 4.69) is 39.5 Å². The molecule has 4 rings (SSSR count). The van der Waals surface area contributed by atoms with E-state index < -0.39 is 0 Å². The van der Waals surface area contributed by atoms with Gasteiger partial charge in [0.2, 0.25) is 0 Å². The molecule has 1 atom stereocenters. The van der Waals surface area contributed by atoms with Crippen molar-refractivity contribution in [3.63, 3.8) is 0 Å². The number of nitrogens with one attached hydrogen (secondary N) is 1. The number of aryl methyl sites for hydroxylation is 1. The van der Waals surface area contributed by atoms with E-state index in [-0.39, 0.29) is 11.6 Å². The summed E-state index contributed by atoms with van der Waals surface area (Å²) < 4.78 is 7.13. The van der Waals surface area contributed by atoms with Crippen molar-refractivity contribution in [3.8, 4) is 0 Å². The van der Waals surface area contributed by atoms with Crippen molar-refractivity contribution in [2.75, 3.05) is 32.8 Å². The lowest BCUT2D eigenvalue weighted by Gasteiger charge is -2.31. The largest absolute Gasteiger partial charge is 0.379 e. The van der Waals surface area contributed by atoms with Crippen LogP contribution in [0, 0.1) is 6.92 Å². The first kappa shape index (κ1) is 18.3. The Labute approximate surface area is 162 Å². The molecule has 0 aliphatic carbocycles. The Morgan fingerprint density at radius 2 is 2.04 bits per heavy atom. The Morgan fingerprint density at radius 1 is 1.26 bits per heavy atom. The maximum atomic E-state index is 12.4. The van der Waals surface area contributed by atoms with Gasteiger partial charge in [0.25, 0.3) is 5.56 Å². The molecule has 1 aliphatic heterocycles. The van der Waals surface area contributed by atoms with Crippen LogP contribution in [-0.2, 0) is 11.3 Å². The summed E-state index contributed by atoms with van der Waals surface area (Å²) in [6.07, 6.45) is 0. The van der Waals surface area contributed by atoms with E-state index in [0.29, 0.717) is 6.54 Å². The van der Waals surface area contributed by atoms with Gasteiger partial charge in [-0.25, -0.2) is 4.98 Å². The summed E-state index contributed by atoms with van der Waals surface area (Å²) in [5.41, 5.74) is 2.94. The molecule has 0 saturated carbocycles. The van der Waals surface area contributed by atoms with Gasteiger partial charge < -0.3 is 10.1 Å². The number of rotatable bonds is 6. The van der Waals surface area contributed by atoms with Crippen LogP contribution >= 0.6 is 11.3 Å². The first-order valence-electron chi connectivity index (χ1n) is 9.26. The molecule has 1 N–H and O–H groups in total. The molecule has 0 amide bonds. The minimum atomic E-state index is -0.0139. The predicted molar refractivity (Wildman–Crippen MR) is 107 cm³/mol. The predicted octanol–water partition coefficient (Wildman–Crippen LogP) is 2.23. The average Bonchev–Trinajstić information content (AvgIpc) is 3.08. The summed E-state index contributed by atoms with van der Waals surface area (Å²) in [5, 5.41) is 5.57. The van der Waals surface area contributed by atoms with E-state index >= 15 is 0 Å². The number of hydrogen-bond acceptors (Lipinski definition) is 6. The zero-order valence-electron chi connectivity index (χ0n) is 15.4. The number of morpholine rings is 1. The molecule has 142 valence electrons. The van der Waals surface area contributed by atoms with Crippen molar-refractivity contribution < 1.29 is 4.74 Å². The lowest BCUT2D eigenvalue weighted by molar-refractivity contribution is 0.0333. The molecule has 1 saturated heterocycles. The summed E-state index contributed by atoms with van der Waals surface area (Å²) in [7, 11) is 0. The quantitative estimate of drug-likeness (QED) is 0.706. The number of benzene rings is 1. The average molecular weight is 385 g/mol.